The number of anilines is 1. The van der Waals surface area contributed by atoms with Crippen LogP contribution < -0.4 is 5.32 Å². The quantitative estimate of drug-likeness (QED) is 0.758. The molecule has 22 heavy (non-hydrogen) atoms. The molecule has 3 rings (SSSR count). The second kappa shape index (κ2) is 6.37. The first-order valence-corrected chi connectivity index (χ1v) is 8.66. The molecule has 1 amide bonds. The molecule has 2 heterocycles. The summed E-state index contributed by atoms with van der Waals surface area (Å²) >= 11 is 2.85. The van der Waals surface area contributed by atoms with Crippen molar-refractivity contribution in [3.05, 3.63) is 52.5 Å². The maximum Gasteiger partial charge on any atom is 0.276 e. The van der Waals surface area contributed by atoms with E-state index in [2.05, 4.69) is 53.4 Å². The molecule has 0 unspecified atom stereocenters. The number of hydrogen-bond acceptors (Lipinski definition) is 5. The lowest BCUT2D eigenvalue weighted by Gasteiger charge is -2.05. The number of nitrogens with one attached hydrogen (secondary N) is 1. The van der Waals surface area contributed by atoms with E-state index in [1.807, 2.05) is 5.38 Å². The van der Waals surface area contributed by atoms with E-state index in [0.717, 1.165) is 10.6 Å². The van der Waals surface area contributed by atoms with Gasteiger partial charge in [0.05, 0.1) is 0 Å². The highest BCUT2D eigenvalue weighted by Gasteiger charge is 2.13. The Bertz CT molecular complexity index is 761. The Labute approximate surface area is 136 Å². The van der Waals surface area contributed by atoms with E-state index in [0.29, 0.717) is 16.7 Å². The maximum atomic E-state index is 12.1. The van der Waals surface area contributed by atoms with Gasteiger partial charge in [-0.3, -0.25) is 10.1 Å². The van der Waals surface area contributed by atoms with Crippen LogP contribution in [0.25, 0.3) is 10.6 Å². The lowest BCUT2D eigenvalue weighted by Crippen LogP contribution is -2.11. The molecule has 0 saturated carbocycles. The smallest absolute Gasteiger partial charge is 0.276 e. The molecule has 0 spiro atoms. The number of benzene rings is 1. The average Bonchev–Trinajstić information content (AvgIpc) is 3.18. The monoisotopic (exact) mass is 329 g/mol. The fourth-order valence-corrected chi connectivity index (χ4v) is 3.30. The van der Waals surface area contributed by atoms with E-state index in [4.69, 9.17) is 0 Å². The fraction of sp³-hybridized carbons (Fsp3) is 0.188. The van der Waals surface area contributed by atoms with E-state index >= 15 is 0 Å². The van der Waals surface area contributed by atoms with Crippen molar-refractivity contribution in [1.29, 1.82) is 0 Å². The number of rotatable bonds is 4. The van der Waals surface area contributed by atoms with Crippen molar-refractivity contribution < 1.29 is 4.79 Å². The van der Waals surface area contributed by atoms with E-state index in [1.54, 1.807) is 11.6 Å². The minimum Gasteiger partial charge on any atom is -0.296 e. The summed E-state index contributed by atoms with van der Waals surface area (Å²) < 4.78 is 0. The topological polar surface area (TPSA) is 54.9 Å². The third-order valence-corrected chi connectivity index (χ3v) is 4.79. The average molecular weight is 329 g/mol. The summed E-state index contributed by atoms with van der Waals surface area (Å²) in [5.74, 6) is 0.279. The summed E-state index contributed by atoms with van der Waals surface area (Å²) in [6.07, 6.45) is 1.66. The van der Waals surface area contributed by atoms with Crippen molar-refractivity contribution in [1.82, 2.24) is 9.97 Å². The van der Waals surface area contributed by atoms with E-state index in [1.165, 1.54) is 28.2 Å². The molecule has 0 saturated heterocycles. The van der Waals surface area contributed by atoms with Gasteiger partial charge in [-0.05, 0) is 11.5 Å². The zero-order valence-corrected chi connectivity index (χ0v) is 13.9. The number of hydrogen-bond donors (Lipinski definition) is 1. The Morgan fingerprint density at radius 3 is 2.59 bits per heavy atom. The highest BCUT2D eigenvalue weighted by molar-refractivity contribution is 7.14. The summed E-state index contributed by atoms with van der Waals surface area (Å²) in [6, 6.07) is 8.32. The molecule has 0 aliphatic rings. The van der Waals surface area contributed by atoms with Crippen molar-refractivity contribution in [2.24, 2.45) is 0 Å². The first-order chi connectivity index (χ1) is 10.6. The molecule has 0 fully saturated rings. The van der Waals surface area contributed by atoms with E-state index in [9.17, 15) is 4.79 Å². The molecule has 2 aromatic heterocycles. The maximum absolute atomic E-state index is 12.1. The molecule has 1 aromatic carbocycles. The molecule has 3 aromatic rings. The molecule has 112 valence electrons. The van der Waals surface area contributed by atoms with Gasteiger partial charge in [0.2, 0.25) is 0 Å². The number of amides is 1. The predicted molar refractivity (Wildman–Crippen MR) is 91.7 cm³/mol. The molecular formula is C16H15N3OS2. The zero-order valence-electron chi connectivity index (χ0n) is 12.2. The van der Waals surface area contributed by atoms with Crippen molar-refractivity contribution in [2.45, 2.75) is 19.8 Å². The Balaban J connectivity index is 1.76. The van der Waals surface area contributed by atoms with Crippen molar-refractivity contribution in [3.63, 3.8) is 0 Å². The normalized spacial score (nSPS) is 10.9. The molecule has 0 aliphatic heterocycles. The lowest BCUT2D eigenvalue weighted by atomic mass is 10.0. The highest BCUT2D eigenvalue weighted by Crippen LogP contribution is 2.26. The van der Waals surface area contributed by atoms with Crippen LogP contribution in [0.2, 0.25) is 0 Å². The lowest BCUT2D eigenvalue weighted by molar-refractivity contribution is 0.102. The van der Waals surface area contributed by atoms with Crippen LogP contribution in [-0.4, -0.2) is 15.9 Å². The molecular weight excluding hydrogens is 314 g/mol. The van der Waals surface area contributed by atoms with Crippen LogP contribution in [0, 0.1) is 0 Å². The minimum atomic E-state index is -0.226. The van der Waals surface area contributed by atoms with Crippen molar-refractivity contribution in [2.75, 3.05) is 5.32 Å². The Morgan fingerprint density at radius 2 is 1.95 bits per heavy atom. The summed E-state index contributed by atoms with van der Waals surface area (Å²) in [7, 11) is 0. The van der Waals surface area contributed by atoms with Gasteiger partial charge in [-0.25, -0.2) is 9.97 Å². The van der Waals surface area contributed by atoms with Gasteiger partial charge in [0.15, 0.2) is 5.13 Å². The number of nitrogens with zero attached hydrogens (tertiary/aromatic N) is 2. The summed E-state index contributed by atoms with van der Waals surface area (Å²) in [4.78, 5) is 20.6. The van der Waals surface area contributed by atoms with Crippen LogP contribution >= 0.6 is 22.7 Å². The standard InChI is InChI=1S/C16H15N3OS2/c1-10(2)11-3-5-12(6-4-11)15-18-13(9-22-15)14(20)19-16-17-7-8-21-16/h3-10H,1-2H3,(H,17,19,20). The first kappa shape index (κ1) is 14.9. The van der Waals surface area contributed by atoms with Gasteiger partial charge in [-0.15, -0.1) is 22.7 Å². The van der Waals surface area contributed by atoms with Crippen LogP contribution in [0.15, 0.2) is 41.2 Å². The van der Waals surface area contributed by atoms with Crippen LogP contribution in [0.5, 0.6) is 0 Å². The first-order valence-electron chi connectivity index (χ1n) is 6.90. The second-order valence-corrected chi connectivity index (χ2v) is 6.86. The van der Waals surface area contributed by atoms with Crippen LogP contribution in [0.4, 0.5) is 5.13 Å². The van der Waals surface area contributed by atoms with Crippen molar-refractivity contribution in [3.8, 4) is 10.6 Å². The van der Waals surface area contributed by atoms with Gasteiger partial charge in [0.25, 0.3) is 5.91 Å². The van der Waals surface area contributed by atoms with Crippen molar-refractivity contribution >= 4 is 33.7 Å². The van der Waals surface area contributed by atoms with Gasteiger partial charge in [0, 0.05) is 22.5 Å². The molecule has 1 N–H and O–H groups in total. The number of aromatic nitrogens is 2. The molecule has 6 heteroatoms. The number of carbonyl (C=O) groups excluding carboxylic acids is 1. The molecule has 0 bridgehead atoms. The highest BCUT2D eigenvalue weighted by atomic mass is 32.1. The third-order valence-electron chi connectivity index (χ3n) is 3.21. The summed E-state index contributed by atoms with van der Waals surface area (Å²) in [6.45, 7) is 4.33. The van der Waals surface area contributed by atoms with Gasteiger partial charge in [0.1, 0.15) is 10.7 Å². The van der Waals surface area contributed by atoms with E-state index in [-0.39, 0.29) is 5.91 Å². The van der Waals surface area contributed by atoms with Gasteiger partial charge in [-0.1, -0.05) is 38.1 Å². The van der Waals surface area contributed by atoms with Gasteiger partial charge >= 0.3 is 0 Å². The van der Waals surface area contributed by atoms with Crippen LogP contribution in [0.1, 0.15) is 35.8 Å². The molecule has 0 atom stereocenters. The molecule has 4 nitrogen and oxygen atoms in total. The van der Waals surface area contributed by atoms with Gasteiger partial charge in [-0.2, -0.15) is 0 Å². The second-order valence-electron chi connectivity index (χ2n) is 5.11. The predicted octanol–water partition coefficient (Wildman–Crippen LogP) is 4.64. The Hall–Kier alpha value is -2.05. The minimum absolute atomic E-state index is 0.226. The Kier molecular flexibility index (Phi) is 4.31. The third kappa shape index (κ3) is 3.23. The number of carbonyl (C=O) groups is 1. The number of thiazole rings is 2. The van der Waals surface area contributed by atoms with Gasteiger partial charge < -0.3 is 0 Å². The molecule has 0 aliphatic carbocycles. The largest absolute Gasteiger partial charge is 0.296 e. The Morgan fingerprint density at radius 1 is 1.18 bits per heavy atom. The van der Waals surface area contributed by atoms with E-state index < -0.39 is 0 Å². The fourth-order valence-electron chi connectivity index (χ4n) is 1.97. The zero-order chi connectivity index (χ0) is 15.5. The summed E-state index contributed by atoms with van der Waals surface area (Å²) in [5.41, 5.74) is 2.74. The summed E-state index contributed by atoms with van der Waals surface area (Å²) in [5, 5.41) is 7.76. The van der Waals surface area contributed by atoms with Crippen LogP contribution in [-0.2, 0) is 0 Å². The SMILES string of the molecule is CC(C)c1ccc(-c2nc(C(=O)Nc3nccs3)cs2)cc1. The molecule has 0 radical (unpaired) electrons. The van der Waals surface area contributed by atoms with Crippen LogP contribution in [0.3, 0.4) is 0 Å².